The van der Waals surface area contributed by atoms with Crippen LogP contribution in [0, 0.1) is 0 Å². The predicted molar refractivity (Wildman–Crippen MR) is 92.8 cm³/mol. The standard InChI is InChI=1S/C20H24O5/c1-22-19-18(24-13-16-10-6-3-7-11-16)17(25-20(19)21)14-23-12-15-8-4-2-5-9-15/h2-11,17-21H,12-14H2,1H3/t17-,18-,19+,20+/m1/s1. The van der Waals surface area contributed by atoms with E-state index in [2.05, 4.69) is 0 Å². The van der Waals surface area contributed by atoms with Gasteiger partial charge in [0.25, 0.3) is 0 Å². The van der Waals surface area contributed by atoms with Gasteiger partial charge in [-0.05, 0) is 11.1 Å². The fourth-order valence-electron chi connectivity index (χ4n) is 2.93. The lowest BCUT2D eigenvalue weighted by Gasteiger charge is -2.22. The molecule has 3 rings (SSSR count). The monoisotopic (exact) mass is 344 g/mol. The lowest BCUT2D eigenvalue weighted by Crippen LogP contribution is -2.38. The Morgan fingerprint density at radius 2 is 1.48 bits per heavy atom. The highest BCUT2D eigenvalue weighted by Crippen LogP contribution is 2.26. The van der Waals surface area contributed by atoms with Gasteiger partial charge in [-0.2, -0.15) is 0 Å². The van der Waals surface area contributed by atoms with Crippen LogP contribution in [0.4, 0.5) is 0 Å². The molecule has 1 fully saturated rings. The van der Waals surface area contributed by atoms with Gasteiger partial charge >= 0.3 is 0 Å². The van der Waals surface area contributed by atoms with Gasteiger partial charge in [-0.1, -0.05) is 60.7 Å². The van der Waals surface area contributed by atoms with Gasteiger partial charge in [0.15, 0.2) is 6.29 Å². The highest BCUT2D eigenvalue weighted by Gasteiger charge is 2.45. The molecule has 1 saturated heterocycles. The number of aliphatic hydroxyl groups excluding tert-OH is 1. The molecule has 0 saturated carbocycles. The van der Waals surface area contributed by atoms with Gasteiger partial charge in [-0.15, -0.1) is 0 Å². The van der Waals surface area contributed by atoms with E-state index in [4.69, 9.17) is 18.9 Å². The van der Waals surface area contributed by atoms with E-state index in [1.165, 1.54) is 0 Å². The largest absolute Gasteiger partial charge is 0.374 e. The molecule has 1 heterocycles. The fourth-order valence-corrected chi connectivity index (χ4v) is 2.93. The van der Waals surface area contributed by atoms with Crippen LogP contribution < -0.4 is 0 Å². The van der Waals surface area contributed by atoms with Gasteiger partial charge in [-0.3, -0.25) is 0 Å². The van der Waals surface area contributed by atoms with Crippen molar-refractivity contribution >= 4 is 0 Å². The van der Waals surface area contributed by atoms with Crippen molar-refractivity contribution in [2.75, 3.05) is 13.7 Å². The molecule has 0 spiro atoms. The third kappa shape index (κ3) is 4.87. The molecule has 4 atom stereocenters. The topological polar surface area (TPSA) is 57.2 Å². The summed E-state index contributed by atoms with van der Waals surface area (Å²) in [5.74, 6) is 0. The SMILES string of the molecule is CO[C@H]1[C@H](OCc2ccccc2)[C@@H](COCc2ccccc2)O[C@@H]1O. The number of hydrogen-bond acceptors (Lipinski definition) is 5. The van der Waals surface area contributed by atoms with E-state index in [1.54, 1.807) is 7.11 Å². The maximum atomic E-state index is 10.1. The Kier molecular flexibility index (Phi) is 6.55. The summed E-state index contributed by atoms with van der Waals surface area (Å²) in [6.45, 7) is 1.24. The van der Waals surface area contributed by atoms with Crippen LogP contribution in [0.1, 0.15) is 11.1 Å². The maximum Gasteiger partial charge on any atom is 0.184 e. The van der Waals surface area contributed by atoms with Crippen molar-refractivity contribution in [1.82, 2.24) is 0 Å². The second-order valence-corrected chi connectivity index (χ2v) is 6.03. The van der Waals surface area contributed by atoms with Gasteiger partial charge in [0.05, 0.1) is 19.8 Å². The van der Waals surface area contributed by atoms with Crippen LogP contribution in [0.2, 0.25) is 0 Å². The summed E-state index contributed by atoms with van der Waals surface area (Å²) in [5.41, 5.74) is 2.15. The molecule has 25 heavy (non-hydrogen) atoms. The predicted octanol–water partition coefficient (Wildman–Crippen LogP) is 2.52. The first-order valence-corrected chi connectivity index (χ1v) is 8.41. The molecule has 134 valence electrons. The van der Waals surface area contributed by atoms with Crippen LogP contribution >= 0.6 is 0 Å². The first-order chi connectivity index (χ1) is 12.3. The summed E-state index contributed by atoms with van der Waals surface area (Å²) in [7, 11) is 1.54. The zero-order valence-corrected chi connectivity index (χ0v) is 14.3. The van der Waals surface area contributed by atoms with Gasteiger partial charge in [0, 0.05) is 7.11 Å². The summed E-state index contributed by atoms with van der Waals surface area (Å²) in [6, 6.07) is 19.8. The van der Waals surface area contributed by atoms with Crippen LogP contribution in [0.5, 0.6) is 0 Å². The van der Waals surface area contributed by atoms with E-state index in [0.717, 1.165) is 11.1 Å². The zero-order chi connectivity index (χ0) is 17.5. The Labute approximate surface area is 148 Å². The first kappa shape index (κ1) is 18.0. The highest BCUT2D eigenvalue weighted by atomic mass is 16.7. The number of methoxy groups -OCH3 is 1. The van der Waals surface area contributed by atoms with Crippen molar-refractivity contribution in [2.24, 2.45) is 0 Å². The molecule has 1 aliphatic heterocycles. The molecule has 5 heteroatoms. The van der Waals surface area contributed by atoms with E-state index in [0.29, 0.717) is 19.8 Å². The molecule has 2 aromatic rings. The average Bonchev–Trinajstić information content (AvgIpc) is 2.96. The molecule has 1 N–H and O–H groups in total. The molecule has 0 unspecified atom stereocenters. The smallest absolute Gasteiger partial charge is 0.184 e. The molecule has 2 aromatic carbocycles. The van der Waals surface area contributed by atoms with E-state index < -0.39 is 18.5 Å². The van der Waals surface area contributed by atoms with Gasteiger partial charge in [0.2, 0.25) is 0 Å². The number of aliphatic hydroxyl groups is 1. The number of ether oxygens (including phenoxy) is 4. The lowest BCUT2D eigenvalue weighted by atomic mass is 10.1. The molecule has 5 nitrogen and oxygen atoms in total. The Morgan fingerprint density at radius 3 is 2.08 bits per heavy atom. The van der Waals surface area contributed by atoms with Crippen LogP contribution in [0.15, 0.2) is 60.7 Å². The maximum absolute atomic E-state index is 10.1. The second-order valence-electron chi connectivity index (χ2n) is 6.03. The van der Waals surface area contributed by atoms with E-state index >= 15 is 0 Å². The molecule has 0 amide bonds. The second kappa shape index (κ2) is 9.08. The molecular weight excluding hydrogens is 320 g/mol. The minimum absolute atomic E-state index is 0.325. The normalized spacial score (nSPS) is 26.0. The fraction of sp³-hybridized carbons (Fsp3) is 0.400. The number of benzene rings is 2. The van der Waals surface area contributed by atoms with E-state index in [9.17, 15) is 5.11 Å². The third-order valence-corrected chi connectivity index (χ3v) is 4.24. The van der Waals surface area contributed by atoms with Crippen LogP contribution in [-0.2, 0) is 32.2 Å². The van der Waals surface area contributed by atoms with Crippen molar-refractivity contribution in [3.8, 4) is 0 Å². The molecule has 0 aliphatic carbocycles. The first-order valence-electron chi connectivity index (χ1n) is 8.41. The van der Waals surface area contributed by atoms with Gasteiger partial charge < -0.3 is 24.1 Å². The number of rotatable bonds is 8. The van der Waals surface area contributed by atoms with Crippen LogP contribution in [0.25, 0.3) is 0 Å². The van der Waals surface area contributed by atoms with E-state index in [-0.39, 0.29) is 6.10 Å². The molecular formula is C20H24O5. The minimum atomic E-state index is -1.02. The molecule has 0 aromatic heterocycles. The number of hydrogen-bond donors (Lipinski definition) is 1. The third-order valence-electron chi connectivity index (χ3n) is 4.24. The Morgan fingerprint density at radius 1 is 0.880 bits per heavy atom. The lowest BCUT2D eigenvalue weighted by molar-refractivity contribution is -0.143. The van der Waals surface area contributed by atoms with Crippen molar-refractivity contribution in [3.63, 3.8) is 0 Å². The van der Waals surface area contributed by atoms with Crippen LogP contribution in [0.3, 0.4) is 0 Å². The van der Waals surface area contributed by atoms with Gasteiger partial charge in [0.1, 0.15) is 18.3 Å². The summed E-state index contributed by atoms with van der Waals surface area (Å²) >= 11 is 0. The van der Waals surface area contributed by atoms with Crippen LogP contribution in [-0.4, -0.2) is 43.4 Å². The quantitative estimate of drug-likeness (QED) is 0.797. The summed E-state index contributed by atoms with van der Waals surface area (Å²) in [4.78, 5) is 0. The highest BCUT2D eigenvalue weighted by molar-refractivity contribution is 5.14. The van der Waals surface area contributed by atoms with Crippen molar-refractivity contribution in [3.05, 3.63) is 71.8 Å². The van der Waals surface area contributed by atoms with E-state index in [1.807, 2.05) is 60.7 Å². The zero-order valence-electron chi connectivity index (χ0n) is 14.3. The molecule has 0 bridgehead atoms. The minimum Gasteiger partial charge on any atom is -0.374 e. The summed E-state index contributed by atoms with van der Waals surface area (Å²) in [5, 5.41) is 10.1. The van der Waals surface area contributed by atoms with Crippen molar-refractivity contribution in [2.45, 2.75) is 37.8 Å². The Bertz CT molecular complexity index is 618. The molecule has 0 radical (unpaired) electrons. The van der Waals surface area contributed by atoms with Crippen molar-refractivity contribution < 1.29 is 24.1 Å². The summed E-state index contributed by atoms with van der Waals surface area (Å²) in [6.07, 6.45) is -2.33. The average molecular weight is 344 g/mol. The Balaban J connectivity index is 1.56. The molecule has 1 aliphatic rings. The summed E-state index contributed by atoms with van der Waals surface area (Å²) < 4.78 is 22.7. The van der Waals surface area contributed by atoms with Gasteiger partial charge in [-0.25, -0.2) is 0 Å². The van der Waals surface area contributed by atoms with Crippen molar-refractivity contribution in [1.29, 1.82) is 0 Å². The Hall–Kier alpha value is -1.76.